The topological polar surface area (TPSA) is 40.2 Å². The number of hydrogen-bond donors (Lipinski definition) is 2. The molecule has 21 heavy (non-hydrogen) atoms. The minimum Gasteiger partial charge on any atom is -0.368 e. The number of amidine groups is 1. The fraction of sp³-hybridized carbons (Fsp3) is 0.167. The van der Waals surface area contributed by atoms with Gasteiger partial charge in [0.1, 0.15) is 5.84 Å². The SMILES string of the molecule is Cc1[nH]c2ccc(-c3ccccc3)cc2c1C1=NCCN1. The third-order valence-corrected chi connectivity index (χ3v) is 4.00. The van der Waals surface area contributed by atoms with Gasteiger partial charge in [-0.25, -0.2) is 0 Å². The summed E-state index contributed by atoms with van der Waals surface area (Å²) in [7, 11) is 0. The summed E-state index contributed by atoms with van der Waals surface area (Å²) in [6.45, 7) is 3.90. The number of aryl methyl sites for hydroxylation is 1. The standard InChI is InChI=1S/C18H17N3/c1-12-17(18-19-9-10-20-18)15-11-14(7-8-16(15)21-12)13-5-3-2-4-6-13/h2-8,11,21H,9-10H2,1H3,(H,19,20). The van der Waals surface area contributed by atoms with Crippen molar-refractivity contribution in [3.8, 4) is 11.1 Å². The number of H-pyrrole nitrogens is 1. The van der Waals surface area contributed by atoms with Crippen LogP contribution in [0, 0.1) is 6.92 Å². The summed E-state index contributed by atoms with van der Waals surface area (Å²) in [6, 6.07) is 17.1. The zero-order valence-corrected chi connectivity index (χ0v) is 12.0. The van der Waals surface area contributed by atoms with E-state index < -0.39 is 0 Å². The van der Waals surface area contributed by atoms with Crippen molar-refractivity contribution >= 4 is 16.7 Å². The molecule has 2 N–H and O–H groups in total. The average Bonchev–Trinajstić information content (AvgIpc) is 3.13. The van der Waals surface area contributed by atoms with Gasteiger partial charge in [-0.3, -0.25) is 4.99 Å². The molecule has 0 unspecified atom stereocenters. The van der Waals surface area contributed by atoms with E-state index in [4.69, 9.17) is 0 Å². The maximum absolute atomic E-state index is 4.58. The van der Waals surface area contributed by atoms with E-state index in [1.807, 2.05) is 6.07 Å². The number of aromatic nitrogens is 1. The maximum atomic E-state index is 4.58. The number of fused-ring (bicyclic) bond motifs is 1. The smallest absolute Gasteiger partial charge is 0.130 e. The van der Waals surface area contributed by atoms with E-state index >= 15 is 0 Å². The molecule has 0 aliphatic carbocycles. The normalized spacial score (nSPS) is 14.2. The zero-order valence-electron chi connectivity index (χ0n) is 12.0. The first-order valence-electron chi connectivity index (χ1n) is 7.29. The quantitative estimate of drug-likeness (QED) is 0.738. The molecule has 0 spiro atoms. The lowest BCUT2D eigenvalue weighted by molar-refractivity contribution is 0.960. The van der Waals surface area contributed by atoms with E-state index in [0.717, 1.165) is 18.9 Å². The highest BCUT2D eigenvalue weighted by atomic mass is 15.1. The third kappa shape index (κ3) is 2.02. The third-order valence-electron chi connectivity index (χ3n) is 4.00. The Labute approximate surface area is 123 Å². The summed E-state index contributed by atoms with van der Waals surface area (Å²) in [5, 5.41) is 4.62. The van der Waals surface area contributed by atoms with E-state index in [2.05, 4.69) is 64.7 Å². The zero-order chi connectivity index (χ0) is 14.2. The lowest BCUT2D eigenvalue weighted by atomic mass is 10.0. The van der Waals surface area contributed by atoms with Crippen LogP contribution in [0.3, 0.4) is 0 Å². The molecule has 0 saturated carbocycles. The highest BCUT2D eigenvalue weighted by Gasteiger charge is 2.17. The number of hydrogen-bond acceptors (Lipinski definition) is 2. The van der Waals surface area contributed by atoms with Gasteiger partial charge in [-0.1, -0.05) is 36.4 Å². The Bertz CT molecular complexity index is 828. The van der Waals surface area contributed by atoms with Crippen LogP contribution in [0.15, 0.2) is 53.5 Å². The van der Waals surface area contributed by atoms with Crippen LogP contribution in [-0.2, 0) is 0 Å². The van der Waals surface area contributed by atoms with E-state index in [1.54, 1.807) is 0 Å². The van der Waals surface area contributed by atoms with Crippen molar-refractivity contribution in [2.45, 2.75) is 6.92 Å². The van der Waals surface area contributed by atoms with Crippen LogP contribution in [0.5, 0.6) is 0 Å². The van der Waals surface area contributed by atoms with Gasteiger partial charge in [0, 0.05) is 28.7 Å². The fourth-order valence-electron chi connectivity index (χ4n) is 3.01. The fourth-order valence-corrected chi connectivity index (χ4v) is 3.01. The largest absolute Gasteiger partial charge is 0.368 e. The second-order valence-corrected chi connectivity index (χ2v) is 5.41. The van der Waals surface area contributed by atoms with Crippen LogP contribution in [-0.4, -0.2) is 23.9 Å². The number of nitrogens with one attached hydrogen (secondary N) is 2. The molecule has 4 rings (SSSR count). The molecule has 0 bridgehead atoms. The van der Waals surface area contributed by atoms with Gasteiger partial charge in [-0.05, 0) is 30.2 Å². The molecule has 104 valence electrons. The van der Waals surface area contributed by atoms with Crippen LogP contribution >= 0.6 is 0 Å². The molecule has 1 aliphatic rings. The number of benzene rings is 2. The van der Waals surface area contributed by atoms with Gasteiger partial charge < -0.3 is 10.3 Å². The van der Waals surface area contributed by atoms with Crippen LogP contribution in [0.25, 0.3) is 22.0 Å². The van der Waals surface area contributed by atoms with Crippen molar-refractivity contribution in [2.24, 2.45) is 4.99 Å². The van der Waals surface area contributed by atoms with E-state index in [-0.39, 0.29) is 0 Å². The second kappa shape index (κ2) is 4.77. The molecule has 1 aromatic heterocycles. The average molecular weight is 275 g/mol. The predicted octanol–water partition coefficient (Wildman–Crippen LogP) is 3.49. The van der Waals surface area contributed by atoms with Crippen molar-refractivity contribution in [1.29, 1.82) is 0 Å². The van der Waals surface area contributed by atoms with E-state index in [0.29, 0.717) is 0 Å². The molecule has 0 radical (unpaired) electrons. The Kier molecular flexibility index (Phi) is 2.78. The molecule has 0 amide bonds. The summed E-state index contributed by atoms with van der Waals surface area (Å²) in [4.78, 5) is 8.04. The highest BCUT2D eigenvalue weighted by molar-refractivity contribution is 6.12. The van der Waals surface area contributed by atoms with Crippen molar-refractivity contribution in [2.75, 3.05) is 13.1 Å². The maximum Gasteiger partial charge on any atom is 0.130 e. The lowest BCUT2D eigenvalue weighted by Gasteiger charge is -2.05. The molecule has 2 heterocycles. The number of aromatic amines is 1. The first-order chi connectivity index (χ1) is 10.3. The van der Waals surface area contributed by atoms with Gasteiger partial charge in [0.25, 0.3) is 0 Å². The molecule has 1 aliphatic heterocycles. The van der Waals surface area contributed by atoms with Crippen LogP contribution in [0.2, 0.25) is 0 Å². The van der Waals surface area contributed by atoms with Gasteiger partial charge in [-0.2, -0.15) is 0 Å². The first-order valence-corrected chi connectivity index (χ1v) is 7.29. The van der Waals surface area contributed by atoms with Gasteiger partial charge >= 0.3 is 0 Å². The van der Waals surface area contributed by atoms with E-state index in [1.165, 1.54) is 33.3 Å². The summed E-state index contributed by atoms with van der Waals surface area (Å²) in [5.41, 5.74) is 6.02. The summed E-state index contributed by atoms with van der Waals surface area (Å²) in [6.07, 6.45) is 0. The summed E-state index contributed by atoms with van der Waals surface area (Å²) in [5.74, 6) is 1.02. The van der Waals surface area contributed by atoms with Crippen LogP contribution < -0.4 is 5.32 Å². The Morgan fingerprint density at radius 1 is 1.00 bits per heavy atom. The monoisotopic (exact) mass is 275 g/mol. The van der Waals surface area contributed by atoms with Gasteiger partial charge in [-0.15, -0.1) is 0 Å². The molecule has 0 atom stereocenters. The minimum absolute atomic E-state index is 0.861. The molecule has 0 fully saturated rings. The second-order valence-electron chi connectivity index (χ2n) is 5.41. The lowest BCUT2D eigenvalue weighted by Crippen LogP contribution is -2.19. The molecular formula is C18H17N3. The Balaban J connectivity index is 1.92. The molecule has 3 heteroatoms. The first kappa shape index (κ1) is 12.2. The van der Waals surface area contributed by atoms with Crippen molar-refractivity contribution < 1.29 is 0 Å². The van der Waals surface area contributed by atoms with Crippen LogP contribution in [0.4, 0.5) is 0 Å². The Morgan fingerprint density at radius 3 is 2.62 bits per heavy atom. The van der Waals surface area contributed by atoms with Gasteiger partial charge in [0.05, 0.1) is 6.54 Å². The number of rotatable bonds is 2. The Morgan fingerprint density at radius 2 is 1.86 bits per heavy atom. The molecule has 2 aromatic carbocycles. The number of aliphatic imine (C=N–C) groups is 1. The minimum atomic E-state index is 0.861. The molecular weight excluding hydrogens is 258 g/mol. The Hall–Kier alpha value is -2.55. The number of nitrogens with zero attached hydrogens (tertiary/aromatic N) is 1. The summed E-state index contributed by atoms with van der Waals surface area (Å²) < 4.78 is 0. The van der Waals surface area contributed by atoms with Crippen molar-refractivity contribution in [1.82, 2.24) is 10.3 Å². The predicted molar refractivity (Wildman–Crippen MR) is 87.9 cm³/mol. The highest BCUT2D eigenvalue weighted by Crippen LogP contribution is 2.28. The molecule has 3 aromatic rings. The van der Waals surface area contributed by atoms with Crippen molar-refractivity contribution in [3.63, 3.8) is 0 Å². The van der Waals surface area contributed by atoms with Gasteiger partial charge in [0.15, 0.2) is 0 Å². The summed E-state index contributed by atoms with van der Waals surface area (Å²) >= 11 is 0. The molecule has 3 nitrogen and oxygen atoms in total. The van der Waals surface area contributed by atoms with Gasteiger partial charge in [0.2, 0.25) is 0 Å². The molecule has 0 saturated heterocycles. The van der Waals surface area contributed by atoms with Crippen LogP contribution in [0.1, 0.15) is 11.3 Å². The van der Waals surface area contributed by atoms with E-state index in [9.17, 15) is 0 Å². The van der Waals surface area contributed by atoms with Crippen molar-refractivity contribution in [3.05, 3.63) is 59.8 Å².